The van der Waals surface area contributed by atoms with Crippen LogP contribution >= 0.6 is 30.5 Å². The quantitative estimate of drug-likeness (QED) is 0.172. The van der Waals surface area contributed by atoms with Crippen LogP contribution in [0.25, 0.3) is 9.75 Å². The molecular weight excluding hydrogens is 387 g/mol. The van der Waals surface area contributed by atoms with E-state index >= 15 is 0 Å². The minimum absolute atomic E-state index is 0.138. The second-order valence-corrected chi connectivity index (χ2v) is 8.99. The molecule has 0 saturated carbocycles. The molecule has 0 amide bonds. The van der Waals surface area contributed by atoms with Gasteiger partial charge in [-0.3, -0.25) is 10.1 Å². The van der Waals surface area contributed by atoms with Crippen molar-refractivity contribution in [2.24, 2.45) is 0 Å². The predicted octanol–water partition coefficient (Wildman–Crippen LogP) is 7.67. The number of aryl methyl sites for hydroxylation is 2. The number of benzene rings is 1. The Labute approximate surface area is 134 Å². The second-order valence-electron chi connectivity index (χ2n) is 4.37. The van der Waals surface area contributed by atoms with Crippen LogP contribution in [0.1, 0.15) is 9.75 Å². The fourth-order valence-corrected chi connectivity index (χ4v) is 3.80. The summed E-state index contributed by atoms with van der Waals surface area (Å²) in [5.74, 6) is 0. The van der Waals surface area contributed by atoms with E-state index in [4.69, 9.17) is 0 Å². The van der Waals surface area contributed by atoms with Gasteiger partial charge in [0.15, 0.2) is 0 Å². The fourth-order valence-electron chi connectivity index (χ4n) is 1.28. The van der Waals surface area contributed by atoms with Gasteiger partial charge in [0.25, 0.3) is 9.88 Å². The molecule has 2 rings (SSSR count). The van der Waals surface area contributed by atoms with Gasteiger partial charge >= 0.3 is 33.0 Å². The Morgan fingerprint density at radius 2 is 1.48 bits per heavy atom. The summed E-state index contributed by atoms with van der Waals surface area (Å²) >= 11 is 3.46. The summed E-state index contributed by atoms with van der Waals surface area (Å²) in [4.78, 5) is 12.7. The maximum absolute atomic E-state index is 10.7. The van der Waals surface area contributed by atoms with Gasteiger partial charge in [-0.25, -0.2) is 0 Å². The first-order chi connectivity index (χ1) is 10.0. The van der Waals surface area contributed by atoms with Crippen molar-refractivity contribution in [2.75, 3.05) is 0 Å². The Hall–Kier alpha value is -1.32. The van der Waals surface area contributed by atoms with Gasteiger partial charge < -0.3 is 0 Å². The van der Waals surface area contributed by atoms with Crippen molar-refractivity contribution in [1.82, 2.24) is 0 Å². The molecule has 130 valence electrons. The van der Waals surface area contributed by atoms with E-state index in [9.17, 15) is 35.3 Å². The van der Waals surface area contributed by atoms with Gasteiger partial charge in [-0.1, -0.05) is 0 Å². The van der Waals surface area contributed by atoms with Crippen molar-refractivity contribution in [1.29, 1.82) is 0 Å². The first-order valence-corrected chi connectivity index (χ1v) is 9.40. The Morgan fingerprint density at radius 1 is 1.04 bits per heavy atom. The van der Waals surface area contributed by atoms with Gasteiger partial charge in [-0.2, -0.15) is 0 Å². The van der Waals surface area contributed by atoms with Crippen LogP contribution in [0.4, 0.5) is 30.9 Å². The third-order valence-electron chi connectivity index (χ3n) is 2.30. The van der Waals surface area contributed by atoms with Crippen molar-refractivity contribution in [3.8, 4) is 9.75 Å². The minimum atomic E-state index is -10.7. The van der Waals surface area contributed by atoms with Gasteiger partial charge in [0.1, 0.15) is 9.75 Å². The van der Waals surface area contributed by atoms with Gasteiger partial charge in [-0.15, -0.1) is 0 Å². The molecule has 0 fully saturated rings. The molecule has 0 unspecified atom stereocenters. The summed E-state index contributed by atoms with van der Waals surface area (Å²) in [5.41, 5.74) is 1.19. The molecule has 2 aromatic rings. The van der Waals surface area contributed by atoms with Crippen LogP contribution in [0.3, 0.4) is 0 Å². The zero-order valence-electron chi connectivity index (χ0n) is 11.6. The summed E-state index contributed by atoms with van der Waals surface area (Å²) in [6, 6.07) is 6.71. The molecule has 0 spiro atoms. The average molecular weight is 397 g/mol. The van der Waals surface area contributed by atoms with Crippen LogP contribution in [-0.4, -0.2) is 4.92 Å². The first-order valence-electron chi connectivity index (χ1n) is 5.74. The zero-order valence-corrected chi connectivity index (χ0v) is 14.1. The number of hydrogen-bond acceptors (Lipinski definition) is 3. The molecule has 0 saturated heterocycles. The standard InChI is InChI=1S/C11H10NO2S2.F6P/c1-7-8(2)16-11(15-7)9-3-5-10(6-4-9)12(13)14;1-7(2,3,4,5)6/h3-6H,1-2H3;/q+1;-1. The summed E-state index contributed by atoms with van der Waals surface area (Å²) < 4.78 is 60.4. The number of nitrogens with zero attached hydrogens (tertiary/aromatic N) is 1. The molecule has 0 N–H and O–H groups in total. The maximum atomic E-state index is 10.5. The summed E-state index contributed by atoms with van der Waals surface area (Å²) in [5, 5.41) is 10.5. The van der Waals surface area contributed by atoms with Gasteiger partial charge in [-0.05, 0) is 26.0 Å². The monoisotopic (exact) mass is 397 g/mol. The number of nitro groups is 1. The molecule has 0 radical (unpaired) electrons. The van der Waals surface area contributed by atoms with Crippen LogP contribution in [0, 0.1) is 24.0 Å². The van der Waals surface area contributed by atoms with Gasteiger partial charge in [0.2, 0.25) is 0 Å². The molecule has 0 aliphatic carbocycles. The molecule has 1 aromatic carbocycles. The van der Waals surface area contributed by atoms with E-state index in [0.717, 1.165) is 5.56 Å². The van der Waals surface area contributed by atoms with Crippen LogP contribution in [-0.2, 0) is 0 Å². The van der Waals surface area contributed by atoms with E-state index in [2.05, 4.69) is 13.8 Å². The van der Waals surface area contributed by atoms with Gasteiger partial charge in [0.05, 0.1) is 27.6 Å². The van der Waals surface area contributed by atoms with E-state index in [1.165, 1.54) is 13.9 Å². The first kappa shape index (κ1) is 19.7. The average Bonchev–Trinajstić information content (AvgIpc) is 2.66. The van der Waals surface area contributed by atoms with E-state index in [-0.39, 0.29) is 10.6 Å². The fraction of sp³-hybridized carbons (Fsp3) is 0.182. The molecule has 23 heavy (non-hydrogen) atoms. The van der Waals surface area contributed by atoms with Crippen molar-refractivity contribution < 1.29 is 30.1 Å². The van der Waals surface area contributed by atoms with Crippen molar-refractivity contribution in [3.63, 3.8) is 0 Å². The van der Waals surface area contributed by atoms with Crippen LogP contribution in [0.2, 0.25) is 0 Å². The van der Waals surface area contributed by atoms with Crippen LogP contribution in [0.15, 0.2) is 24.3 Å². The summed E-state index contributed by atoms with van der Waals surface area (Å²) in [7, 11) is -10.7. The SMILES string of the molecule is Cc1sc(-c2ccc([N+](=O)[O-])cc2)[s+]c1C.F[P-](F)(F)(F)(F)F. The van der Waals surface area contributed by atoms with E-state index in [1.807, 2.05) is 0 Å². The van der Waals surface area contributed by atoms with Crippen LogP contribution in [0.5, 0.6) is 0 Å². The molecule has 1 heterocycles. The Bertz CT molecular complexity index is 696. The van der Waals surface area contributed by atoms with Crippen LogP contribution < -0.4 is 0 Å². The number of hydrogen-bond donors (Lipinski definition) is 0. The second kappa shape index (κ2) is 5.64. The third kappa shape index (κ3) is 8.77. The topological polar surface area (TPSA) is 43.1 Å². The number of non-ortho nitro benzene ring substituents is 1. The van der Waals surface area contributed by atoms with Crippen molar-refractivity contribution >= 4 is 36.2 Å². The molecule has 12 heteroatoms. The molecule has 0 bridgehead atoms. The summed E-state index contributed by atoms with van der Waals surface area (Å²) in [6.07, 6.45) is 0. The molecule has 3 nitrogen and oxygen atoms in total. The predicted molar refractivity (Wildman–Crippen MR) is 81.7 cm³/mol. The van der Waals surface area contributed by atoms with Gasteiger partial charge in [0, 0.05) is 17.7 Å². The Kier molecular flexibility index (Phi) is 4.84. The molecule has 0 atom stereocenters. The molecular formula is C11H10F6NO2PS2. The molecule has 0 aliphatic heterocycles. The number of halogens is 6. The van der Waals surface area contributed by atoms with Crippen molar-refractivity contribution in [2.45, 2.75) is 13.8 Å². The zero-order chi connectivity index (χ0) is 18.1. The number of nitro benzene ring substituents is 1. The van der Waals surface area contributed by atoms with E-state index in [0.29, 0.717) is 0 Å². The number of rotatable bonds is 2. The van der Waals surface area contributed by atoms with Crippen molar-refractivity contribution in [3.05, 3.63) is 44.1 Å². The molecule has 1 aromatic heterocycles. The normalized spacial score (nSPS) is 14.3. The third-order valence-corrected chi connectivity index (χ3v) is 5.00. The Morgan fingerprint density at radius 3 is 1.78 bits per heavy atom. The van der Waals surface area contributed by atoms with E-state index < -0.39 is 7.81 Å². The van der Waals surface area contributed by atoms with E-state index in [1.54, 1.807) is 46.9 Å². The summed E-state index contributed by atoms with van der Waals surface area (Å²) in [6.45, 7) is 4.18. The molecule has 0 aliphatic rings. The Balaban J connectivity index is 0.000000322.